The summed E-state index contributed by atoms with van der Waals surface area (Å²) in [6.45, 7) is 1.20. The Hall–Kier alpha value is -1.88. The summed E-state index contributed by atoms with van der Waals surface area (Å²) in [5.74, 6) is -0.109. The Balaban J connectivity index is 1.81. The number of nitrogens with one attached hydrogen (secondary N) is 2. The molecule has 2 aromatic carbocycles. The zero-order valence-electron chi connectivity index (χ0n) is 13.3. The van der Waals surface area contributed by atoms with Crippen LogP contribution in [-0.2, 0) is 16.8 Å². The molecular weight excluding hydrogens is 324 g/mol. The van der Waals surface area contributed by atoms with Gasteiger partial charge in [-0.15, -0.1) is 0 Å². The van der Waals surface area contributed by atoms with E-state index in [4.69, 9.17) is 11.6 Å². The van der Waals surface area contributed by atoms with Gasteiger partial charge in [0.05, 0.1) is 18.1 Å². The van der Waals surface area contributed by atoms with E-state index >= 15 is 0 Å². The van der Waals surface area contributed by atoms with Crippen LogP contribution < -0.4 is 10.6 Å². The lowest BCUT2D eigenvalue weighted by Crippen LogP contribution is -2.61. The van der Waals surface area contributed by atoms with Crippen molar-refractivity contribution in [3.05, 3.63) is 70.7 Å². The number of aliphatic hydroxyl groups is 1. The maximum absolute atomic E-state index is 12.6. The van der Waals surface area contributed by atoms with E-state index in [1.807, 2.05) is 42.5 Å². The first kappa shape index (κ1) is 17.0. The quantitative estimate of drug-likeness (QED) is 0.797. The Morgan fingerprint density at radius 3 is 2.58 bits per heavy atom. The Morgan fingerprint density at radius 1 is 1.21 bits per heavy atom. The second-order valence-electron chi connectivity index (χ2n) is 6.16. The number of hydrogen-bond donors (Lipinski definition) is 3. The van der Waals surface area contributed by atoms with Crippen LogP contribution in [-0.4, -0.2) is 30.2 Å². The van der Waals surface area contributed by atoms with Crippen molar-refractivity contribution < 1.29 is 9.90 Å². The predicted molar refractivity (Wildman–Crippen MR) is 94.9 cm³/mol. The van der Waals surface area contributed by atoms with E-state index in [2.05, 4.69) is 10.6 Å². The van der Waals surface area contributed by atoms with E-state index in [1.54, 1.807) is 12.1 Å². The first-order valence-corrected chi connectivity index (χ1v) is 8.48. The summed E-state index contributed by atoms with van der Waals surface area (Å²) in [6.07, 6.45) is 0.221. The SMILES string of the molecule is O=C(Cc1ccc(Cl)cc1)N[C@]1(c2ccccc2)CCNC[C@H]1O. The number of β-amino-alcohol motifs (C(OH)–C–C–N with tert-alkyl or cyclic N) is 1. The molecule has 1 aliphatic heterocycles. The van der Waals surface area contributed by atoms with Crippen LogP contribution >= 0.6 is 11.6 Å². The summed E-state index contributed by atoms with van der Waals surface area (Å²) < 4.78 is 0. The highest BCUT2D eigenvalue weighted by molar-refractivity contribution is 6.30. The lowest BCUT2D eigenvalue weighted by atomic mass is 9.79. The number of piperidine rings is 1. The molecule has 1 fully saturated rings. The van der Waals surface area contributed by atoms with Crippen LogP contribution in [0.5, 0.6) is 0 Å². The van der Waals surface area contributed by atoms with E-state index in [0.717, 1.165) is 17.7 Å². The van der Waals surface area contributed by atoms with Crippen molar-refractivity contribution in [2.75, 3.05) is 13.1 Å². The third kappa shape index (κ3) is 3.61. The summed E-state index contributed by atoms with van der Waals surface area (Å²) >= 11 is 5.88. The monoisotopic (exact) mass is 344 g/mol. The van der Waals surface area contributed by atoms with Gasteiger partial charge in [0.2, 0.25) is 5.91 Å². The number of carbonyl (C=O) groups excluding carboxylic acids is 1. The fraction of sp³-hybridized carbons (Fsp3) is 0.316. The molecule has 0 aliphatic carbocycles. The van der Waals surface area contributed by atoms with Gasteiger partial charge in [-0.25, -0.2) is 0 Å². The number of hydrogen-bond acceptors (Lipinski definition) is 3. The first-order valence-electron chi connectivity index (χ1n) is 8.10. The minimum absolute atomic E-state index is 0.109. The molecule has 1 aliphatic rings. The predicted octanol–water partition coefficient (Wildman–Crippen LogP) is 2.25. The van der Waals surface area contributed by atoms with Gasteiger partial charge in [-0.1, -0.05) is 54.1 Å². The second kappa shape index (κ2) is 7.34. The van der Waals surface area contributed by atoms with Gasteiger partial charge in [-0.05, 0) is 36.2 Å². The number of rotatable bonds is 4. The van der Waals surface area contributed by atoms with E-state index in [-0.39, 0.29) is 12.3 Å². The molecule has 4 nitrogen and oxygen atoms in total. The van der Waals surface area contributed by atoms with Crippen molar-refractivity contribution in [3.8, 4) is 0 Å². The molecule has 5 heteroatoms. The van der Waals surface area contributed by atoms with Gasteiger partial charge in [0, 0.05) is 11.6 Å². The van der Waals surface area contributed by atoms with Crippen molar-refractivity contribution in [3.63, 3.8) is 0 Å². The molecule has 0 spiro atoms. The van der Waals surface area contributed by atoms with Gasteiger partial charge in [0.1, 0.15) is 0 Å². The molecule has 0 radical (unpaired) electrons. The van der Waals surface area contributed by atoms with Gasteiger partial charge < -0.3 is 15.7 Å². The molecular formula is C19H21ClN2O2. The number of aliphatic hydroxyl groups excluding tert-OH is 1. The van der Waals surface area contributed by atoms with Gasteiger partial charge in [-0.2, -0.15) is 0 Å². The van der Waals surface area contributed by atoms with Crippen LogP contribution in [0.15, 0.2) is 54.6 Å². The molecule has 1 saturated heterocycles. The van der Waals surface area contributed by atoms with Gasteiger partial charge in [-0.3, -0.25) is 4.79 Å². The van der Waals surface area contributed by atoms with Gasteiger partial charge in [0.15, 0.2) is 0 Å². The largest absolute Gasteiger partial charge is 0.389 e. The summed E-state index contributed by atoms with van der Waals surface area (Å²) in [6, 6.07) is 16.9. The summed E-state index contributed by atoms with van der Waals surface area (Å²) in [5.41, 5.74) is 1.07. The molecule has 0 bridgehead atoms. The van der Waals surface area contributed by atoms with Crippen molar-refractivity contribution >= 4 is 17.5 Å². The number of carbonyl (C=O) groups is 1. The average molecular weight is 345 g/mol. The highest BCUT2D eigenvalue weighted by Gasteiger charge is 2.42. The smallest absolute Gasteiger partial charge is 0.225 e. The molecule has 1 amide bonds. The average Bonchev–Trinajstić information content (AvgIpc) is 2.60. The fourth-order valence-electron chi connectivity index (χ4n) is 3.24. The standard InChI is InChI=1S/C19H21ClN2O2/c20-16-8-6-14(7-9-16)12-18(24)22-19(10-11-21-13-17(19)23)15-4-2-1-3-5-15/h1-9,17,21,23H,10-13H2,(H,22,24)/t17-,19+/m1/s1. The molecule has 0 unspecified atom stereocenters. The number of halogens is 1. The highest BCUT2D eigenvalue weighted by atomic mass is 35.5. The summed E-state index contributed by atoms with van der Waals surface area (Å²) in [7, 11) is 0. The summed E-state index contributed by atoms with van der Waals surface area (Å²) in [5, 5.41) is 17.5. The molecule has 2 atom stereocenters. The molecule has 3 rings (SSSR count). The van der Waals surface area contributed by atoms with E-state index in [9.17, 15) is 9.90 Å². The minimum atomic E-state index is -0.754. The summed E-state index contributed by atoms with van der Waals surface area (Å²) in [4.78, 5) is 12.6. The first-order chi connectivity index (χ1) is 11.6. The van der Waals surface area contributed by atoms with Crippen LogP contribution in [0, 0.1) is 0 Å². The topological polar surface area (TPSA) is 61.4 Å². The van der Waals surface area contributed by atoms with E-state index < -0.39 is 11.6 Å². The molecule has 0 saturated carbocycles. The zero-order chi connectivity index (χ0) is 17.0. The zero-order valence-corrected chi connectivity index (χ0v) is 14.1. The van der Waals surface area contributed by atoms with Crippen LogP contribution in [0.1, 0.15) is 17.5 Å². The molecule has 24 heavy (non-hydrogen) atoms. The molecule has 0 aromatic heterocycles. The van der Waals surface area contributed by atoms with Crippen molar-refractivity contribution in [1.82, 2.24) is 10.6 Å². The van der Waals surface area contributed by atoms with Crippen LogP contribution in [0.4, 0.5) is 0 Å². The van der Waals surface area contributed by atoms with Gasteiger partial charge in [0.25, 0.3) is 0 Å². The van der Waals surface area contributed by atoms with Crippen molar-refractivity contribution in [2.24, 2.45) is 0 Å². The minimum Gasteiger partial charge on any atom is -0.389 e. The second-order valence-corrected chi connectivity index (χ2v) is 6.60. The fourth-order valence-corrected chi connectivity index (χ4v) is 3.36. The third-order valence-electron chi connectivity index (χ3n) is 4.53. The van der Waals surface area contributed by atoms with Crippen LogP contribution in [0.2, 0.25) is 5.02 Å². The maximum Gasteiger partial charge on any atom is 0.225 e. The molecule has 3 N–H and O–H groups in total. The molecule has 2 aromatic rings. The Bertz CT molecular complexity index is 690. The lowest BCUT2D eigenvalue weighted by molar-refractivity contribution is -0.125. The van der Waals surface area contributed by atoms with Crippen LogP contribution in [0.25, 0.3) is 0 Å². The van der Waals surface area contributed by atoms with Crippen molar-refractivity contribution in [2.45, 2.75) is 24.5 Å². The normalized spacial score (nSPS) is 23.7. The Kier molecular flexibility index (Phi) is 5.19. The Morgan fingerprint density at radius 2 is 1.92 bits per heavy atom. The molecule has 1 heterocycles. The highest BCUT2D eigenvalue weighted by Crippen LogP contribution is 2.31. The molecule has 126 valence electrons. The van der Waals surface area contributed by atoms with E-state index in [1.165, 1.54) is 0 Å². The lowest BCUT2D eigenvalue weighted by Gasteiger charge is -2.43. The third-order valence-corrected chi connectivity index (χ3v) is 4.78. The Labute approximate surface area is 146 Å². The number of benzene rings is 2. The van der Waals surface area contributed by atoms with Crippen molar-refractivity contribution in [1.29, 1.82) is 0 Å². The number of amides is 1. The maximum atomic E-state index is 12.6. The van der Waals surface area contributed by atoms with Gasteiger partial charge >= 0.3 is 0 Å². The van der Waals surface area contributed by atoms with E-state index in [0.29, 0.717) is 18.0 Å². The van der Waals surface area contributed by atoms with Crippen LogP contribution in [0.3, 0.4) is 0 Å².